The maximum atomic E-state index is 13.4. The van der Waals surface area contributed by atoms with Crippen LogP contribution in [0, 0.1) is 5.82 Å². The van der Waals surface area contributed by atoms with Crippen LogP contribution >= 0.6 is 11.6 Å². The van der Waals surface area contributed by atoms with Gasteiger partial charge in [-0.15, -0.1) is 0 Å². The molecule has 0 aliphatic heterocycles. The van der Waals surface area contributed by atoms with Gasteiger partial charge in [-0.1, -0.05) is 29.8 Å². The molecule has 0 aliphatic carbocycles. The summed E-state index contributed by atoms with van der Waals surface area (Å²) in [7, 11) is 1.68. The first-order chi connectivity index (χ1) is 11.5. The number of halogens is 2. The van der Waals surface area contributed by atoms with Gasteiger partial charge in [-0.05, 0) is 42.3 Å². The number of benzene rings is 2. The van der Waals surface area contributed by atoms with Gasteiger partial charge < -0.3 is 15.7 Å². The lowest BCUT2D eigenvalue weighted by Gasteiger charge is -2.18. The molecule has 4 nitrogen and oxygen atoms in total. The van der Waals surface area contributed by atoms with Crippen LogP contribution in [0.4, 0.5) is 4.39 Å². The van der Waals surface area contributed by atoms with Crippen molar-refractivity contribution in [3.63, 3.8) is 0 Å². The molecule has 128 valence electrons. The van der Waals surface area contributed by atoms with Crippen molar-refractivity contribution in [2.24, 2.45) is 4.99 Å². The second-order valence-electron chi connectivity index (χ2n) is 5.43. The quantitative estimate of drug-likeness (QED) is 0.573. The topological polar surface area (TPSA) is 56.7 Å². The first-order valence-electron chi connectivity index (χ1n) is 7.64. The van der Waals surface area contributed by atoms with E-state index in [-0.39, 0.29) is 18.2 Å². The maximum absolute atomic E-state index is 13.4. The molecule has 0 aromatic heterocycles. The molecule has 3 N–H and O–H groups in total. The van der Waals surface area contributed by atoms with E-state index in [9.17, 15) is 4.39 Å². The standard InChI is InChI=1S/C18H21ClFN3O/c1-12(14-4-3-5-16(19)9-14)23-18(21-2)22-10-13-6-7-17(20)15(8-13)11-24/h3-9,12,24H,10-11H2,1-2H3,(H2,21,22,23). The lowest BCUT2D eigenvalue weighted by Crippen LogP contribution is -2.38. The first kappa shape index (κ1) is 18.2. The Morgan fingerprint density at radius 1 is 1.29 bits per heavy atom. The summed E-state index contributed by atoms with van der Waals surface area (Å²) >= 11 is 6.02. The Labute approximate surface area is 146 Å². The van der Waals surface area contributed by atoms with Gasteiger partial charge in [0.2, 0.25) is 0 Å². The van der Waals surface area contributed by atoms with Crippen molar-refractivity contribution in [3.8, 4) is 0 Å². The van der Waals surface area contributed by atoms with Crippen LogP contribution < -0.4 is 10.6 Å². The van der Waals surface area contributed by atoms with Crippen LogP contribution in [-0.4, -0.2) is 18.1 Å². The molecule has 0 amide bonds. The predicted molar refractivity (Wildman–Crippen MR) is 95.5 cm³/mol. The lowest BCUT2D eigenvalue weighted by molar-refractivity contribution is 0.275. The van der Waals surface area contributed by atoms with Crippen molar-refractivity contribution in [1.82, 2.24) is 10.6 Å². The summed E-state index contributed by atoms with van der Waals surface area (Å²) in [5, 5.41) is 16.3. The minimum Gasteiger partial charge on any atom is -0.392 e. The number of rotatable bonds is 5. The number of aliphatic imine (C=N–C) groups is 1. The van der Waals surface area contributed by atoms with Crippen molar-refractivity contribution < 1.29 is 9.50 Å². The molecule has 0 saturated carbocycles. The predicted octanol–water partition coefficient (Wildman–Crippen LogP) is 3.40. The smallest absolute Gasteiger partial charge is 0.191 e. The Bertz CT molecular complexity index is 721. The van der Waals surface area contributed by atoms with Gasteiger partial charge in [-0.2, -0.15) is 0 Å². The van der Waals surface area contributed by atoms with Crippen LogP contribution in [0.2, 0.25) is 5.02 Å². The van der Waals surface area contributed by atoms with Crippen LogP contribution in [0.25, 0.3) is 0 Å². The van der Waals surface area contributed by atoms with E-state index >= 15 is 0 Å². The van der Waals surface area contributed by atoms with Crippen LogP contribution in [0.15, 0.2) is 47.5 Å². The van der Waals surface area contributed by atoms with E-state index in [0.717, 1.165) is 11.1 Å². The lowest BCUT2D eigenvalue weighted by atomic mass is 10.1. The minimum atomic E-state index is -0.404. The fourth-order valence-electron chi connectivity index (χ4n) is 2.30. The van der Waals surface area contributed by atoms with Crippen molar-refractivity contribution in [3.05, 3.63) is 70.0 Å². The summed E-state index contributed by atoms with van der Waals surface area (Å²) in [6, 6.07) is 12.3. The van der Waals surface area contributed by atoms with Crippen molar-refractivity contribution in [2.45, 2.75) is 26.1 Å². The highest BCUT2D eigenvalue weighted by molar-refractivity contribution is 6.30. The van der Waals surface area contributed by atoms with E-state index in [1.54, 1.807) is 19.2 Å². The third-order valence-corrected chi connectivity index (χ3v) is 3.90. The third kappa shape index (κ3) is 4.94. The van der Waals surface area contributed by atoms with Crippen molar-refractivity contribution >= 4 is 17.6 Å². The fourth-order valence-corrected chi connectivity index (χ4v) is 2.50. The number of hydrogen-bond donors (Lipinski definition) is 3. The second-order valence-corrected chi connectivity index (χ2v) is 5.87. The number of aliphatic hydroxyl groups excluding tert-OH is 1. The highest BCUT2D eigenvalue weighted by Gasteiger charge is 2.09. The Morgan fingerprint density at radius 3 is 2.75 bits per heavy atom. The molecule has 0 radical (unpaired) electrons. The Balaban J connectivity index is 1.97. The molecule has 24 heavy (non-hydrogen) atoms. The van der Waals surface area contributed by atoms with Gasteiger partial charge in [0.1, 0.15) is 5.82 Å². The molecule has 6 heteroatoms. The molecule has 0 saturated heterocycles. The van der Waals surface area contributed by atoms with Crippen LogP contribution in [-0.2, 0) is 13.2 Å². The zero-order valence-electron chi connectivity index (χ0n) is 13.7. The van der Waals surface area contributed by atoms with E-state index in [1.807, 2.05) is 31.2 Å². The second kappa shape index (κ2) is 8.66. The summed E-state index contributed by atoms with van der Waals surface area (Å²) < 4.78 is 13.4. The molecule has 2 aromatic carbocycles. The Kier molecular flexibility index (Phi) is 6.58. The molecule has 0 bridgehead atoms. The molecule has 0 heterocycles. The molecular weight excluding hydrogens is 329 g/mol. The maximum Gasteiger partial charge on any atom is 0.191 e. The Hall–Kier alpha value is -2.11. The average molecular weight is 350 g/mol. The van der Waals surface area contributed by atoms with Gasteiger partial charge in [0.15, 0.2) is 5.96 Å². The average Bonchev–Trinajstić information content (AvgIpc) is 2.59. The molecular formula is C18H21ClFN3O. The summed E-state index contributed by atoms with van der Waals surface area (Å²) in [5.74, 6) is 0.218. The summed E-state index contributed by atoms with van der Waals surface area (Å²) in [5.41, 5.74) is 2.19. The molecule has 1 unspecified atom stereocenters. The first-order valence-corrected chi connectivity index (χ1v) is 8.02. The molecule has 0 fully saturated rings. The normalized spacial score (nSPS) is 12.8. The van der Waals surface area contributed by atoms with Gasteiger partial charge in [0.05, 0.1) is 12.6 Å². The van der Waals surface area contributed by atoms with Gasteiger partial charge in [0, 0.05) is 24.2 Å². The molecule has 2 rings (SSSR count). The van der Waals surface area contributed by atoms with Crippen LogP contribution in [0.1, 0.15) is 29.7 Å². The van der Waals surface area contributed by atoms with Crippen LogP contribution in [0.3, 0.4) is 0 Å². The fraction of sp³-hybridized carbons (Fsp3) is 0.278. The minimum absolute atomic E-state index is 0.0242. The number of guanidine groups is 1. The van der Waals surface area contributed by atoms with Gasteiger partial charge >= 0.3 is 0 Å². The monoisotopic (exact) mass is 349 g/mol. The molecule has 0 aliphatic rings. The molecule has 0 spiro atoms. The zero-order valence-corrected chi connectivity index (χ0v) is 14.4. The SMILES string of the molecule is CN=C(NCc1ccc(F)c(CO)c1)NC(C)c1cccc(Cl)c1. The van der Waals surface area contributed by atoms with E-state index < -0.39 is 5.82 Å². The molecule has 2 aromatic rings. The highest BCUT2D eigenvalue weighted by atomic mass is 35.5. The third-order valence-electron chi connectivity index (χ3n) is 3.67. The Morgan fingerprint density at radius 2 is 2.08 bits per heavy atom. The van der Waals surface area contributed by atoms with E-state index in [4.69, 9.17) is 16.7 Å². The number of nitrogens with one attached hydrogen (secondary N) is 2. The van der Waals surface area contributed by atoms with E-state index in [2.05, 4.69) is 15.6 Å². The van der Waals surface area contributed by atoms with E-state index in [0.29, 0.717) is 17.5 Å². The van der Waals surface area contributed by atoms with E-state index in [1.165, 1.54) is 6.07 Å². The summed E-state index contributed by atoms with van der Waals surface area (Å²) in [6.07, 6.45) is 0. The van der Waals surface area contributed by atoms with Crippen LogP contribution in [0.5, 0.6) is 0 Å². The number of nitrogens with zero attached hydrogens (tertiary/aromatic N) is 1. The van der Waals surface area contributed by atoms with Crippen molar-refractivity contribution in [2.75, 3.05) is 7.05 Å². The number of hydrogen-bond acceptors (Lipinski definition) is 2. The summed E-state index contributed by atoms with van der Waals surface area (Å²) in [4.78, 5) is 4.19. The van der Waals surface area contributed by atoms with Gasteiger partial charge in [-0.25, -0.2) is 4.39 Å². The van der Waals surface area contributed by atoms with Gasteiger partial charge in [-0.3, -0.25) is 4.99 Å². The molecule has 1 atom stereocenters. The summed E-state index contributed by atoms with van der Waals surface area (Å²) in [6.45, 7) is 2.16. The van der Waals surface area contributed by atoms with Crippen molar-refractivity contribution in [1.29, 1.82) is 0 Å². The largest absolute Gasteiger partial charge is 0.392 e. The zero-order chi connectivity index (χ0) is 17.5. The highest BCUT2D eigenvalue weighted by Crippen LogP contribution is 2.17. The number of aliphatic hydroxyl groups is 1. The van der Waals surface area contributed by atoms with Gasteiger partial charge in [0.25, 0.3) is 0 Å².